The number of rotatable bonds is 9. The maximum atomic E-state index is 13.2. The van der Waals surface area contributed by atoms with Crippen LogP contribution in [0.15, 0.2) is 89.8 Å². The van der Waals surface area contributed by atoms with Crippen molar-refractivity contribution in [1.29, 1.82) is 0 Å². The highest BCUT2D eigenvalue weighted by atomic mass is 32.2. The first-order valence-corrected chi connectivity index (χ1v) is 11.1. The van der Waals surface area contributed by atoms with Gasteiger partial charge in [-0.1, -0.05) is 60.7 Å². The molecular weight excluding hydrogens is 403 g/mol. The van der Waals surface area contributed by atoms with Gasteiger partial charge >= 0.3 is 0 Å². The van der Waals surface area contributed by atoms with E-state index in [9.17, 15) is 17.6 Å². The van der Waals surface area contributed by atoms with Crippen LogP contribution in [0, 0.1) is 5.82 Å². The molecule has 0 spiro atoms. The van der Waals surface area contributed by atoms with E-state index in [0.29, 0.717) is 13.0 Å². The minimum atomic E-state index is -4.00. The number of amides is 1. The van der Waals surface area contributed by atoms with Gasteiger partial charge in [-0.05, 0) is 48.2 Å². The molecule has 3 aromatic carbocycles. The molecule has 156 valence electrons. The molecule has 0 aliphatic carbocycles. The van der Waals surface area contributed by atoms with Crippen molar-refractivity contribution in [2.45, 2.75) is 23.8 Å². The van der Waals surface area contributed by atoms with Crippen molar-refractivity contribution in [3.63, 3.8) is 0 Å². The molecule has 30 heavy (non-hydrogen) atoms. The van der Waals surface area contributed by atoms with Gasteiger partial charge in [-0.15, -0.1) is 0 Å². The molecule has 0 heterocycles. The average Bonchev–Trinajstić information content (AvgIpc) is 2.75. The lowest BCUT2D eigenvalue weighted by molar-refractivity contribution is -0.122. The summed E-state index contributed by atoms with van der Waals surface area (Å²) in [6.07, 6.45) is 0.827. The number of nitrogens with one attached hydrogen (secondary N) is 2. The van der Waals surface area contributed by atoms with Crippen LogP contribution in [0.4, 0.5) is 4.39 Å². The minimum absolute atomic E-state index is 0.0981. The normalized spacial score (nSPS) is 12.3. The van der Waals surface area contributed by atoms with Crippen LogP contribution < -0.4 is 10.0 Å². The van der Waals surface area contributed by atoms with E-state index in [4.69, 9.17) is 0 Å². The maximum absolute atomic E-state index is 13.2. The van der Waals surface area contributed by atoms with Crippen LogP contribution in [0.5, 0.6) is 0 Å². The summed E-state index contributed by atoms with van der Waals surface area (Å²) in [5.74, 6) is -0.950. The summed E-state index contributed by atoms with van der Waals surface area (Å²) in [7, 11) is -4.00. The maximum Gasteiger partial charge on any atom is 0.241 e. The van der Waals surface area contributed by atoms with Crippen LogP contribution in [0.2, 0.25) is 0 Å². The lowest BCUT2D eigenvalue weighted by Gasteiger charge is -2.19. The molecule has 1 unspecified atom stereocenters. The number of carbonyl (C=O) groups is 1. The molecule has 0 radical (unpaired) electrons. The Morgan fingerprint density at radius 2 is 1.40 bits per heavy atom. The van der Waals surface area contributed by atoms with Crippen molar-refractivity contribution < 1.29 is 17.6 Å². The van der Waals surface area contributed by atoms with Crippen LogP contribution in [0.1, 0.15) is 11.1 Å². The third kappa shape index (κ3) is 6.23. The van der Waals surface area contributed by atoms with E-state index in [1.165, 1.54) is 12.1 Å². The number of carbonyl (C=O) groups excluding carboxylic acids is 1. The molecule has 2 N–H and O–H groups in total. The molecule has 3 aromatic rings. The fraction of sp³-hybridized carbons (Fsp3) is 0.174. The lowest BCUT2D eigenvalue weighted by Crippen LogP contribution is -2.48. The predicted molar refractivity (Wildman–Crippen MR) is 114 cm³/mol. The average molecular weight is 427 g/mol. The van der Waals surface area contributed by atoms with E-state index >= 15 is 0 Å². The van der Waals surface area contributed by atoms with Crippen molar-refractivity contribution in [3.8, 4) is 0 Å². The van der Waals surface area contributed by atoms with E-state index in [-0.39, 0.29) is 11.3 Å². The van der Waals surface area contributed by atoms with Crippen molar-refractivity contribution in [3.05, 3.63) is 102 Å². The minimum Gasteiger partial charge on any atom is -0.354 e. The van der Waals surface area contributed by atoms with Crippen LogP contribution in [-0.2, 0) is 27.7 Å². The Kier molecular flexibility index (Phi) is 7.32. The Bertz CT molecular complexity index is 1060. The molecule has 1 atom stereocenters. The standard InChI is InChI=1S/C23H23FN2O3S/c24-20-11-13-21(14-12-20)30(28,29)26-22(17-19-9-5-2-6-10-19)23(27)25-16-15-18-7-3-1-4-8-18/h1-14,22,26H,15-17H2,(H,25,27). The Morgan fingerprint density at radius 3 is 2.00 bits per heavy atom. The third-order valence-electron chi connectivity index (χ3n) is 4.58. The second kappa shape index (κ2) is 10.1. The molecule has 0 bridgehead atoms. The first kappa shape index (κ1) is 21.7. The summed E-state index contributed by atoms with van der Waals surface area (Å²) >= 11 is 0. The molecule has 0 saturated heterocycles. The summed E-state index contributed by atoms with van der Waals surface area (Å²) < 4.78 is 41.1. The van der Waals surface area contributed by atoms with E-state index in [1.807, 2.05) is 60.7 Å². The fourth-order valence-electron chi connectivity index (χ4n) is 3.00. The first-order chi connectivity index (χ1) is 14.4. The van der Waals surface area contributed by atoms with Crippen molar-refractivity contribution in [2.24, 2.45) is 0 Å². The van der Waals surface area contributed by atoms with Gasteiger partial charge < -0.3 is 5.32 Å². The van der Waals surface area contributed by atoms with Crippen LogP contribution >= 0.6 is 0 Å². The van der Waals surface area contributed by atoms with Crippen LogP contribution in [0.25, 0.3) is 0 Å². The quantitative estimate of drug-likeness (QED) is 0.552. The Morgan fingerprint density at radius 1 is 0.833 bits per heavy atom. The topological polar surface area (TPSA) is 75.3 Å². The Labute approximate surface area is 176 Å². The zero-order chi connectivity index (χ0) is 21.4. The highest BCUT2D eigenvalue weighted by molar-refractivity contribution is 7.89. The first-order valence-electron chi connectivity index (χ1n) is 9.57. The molecule has 7 heteroatoms. The molecule has 5 nitrogen and oxygen atoms in total. The van der Waals surface area contributed by atoms with Gasteiger partial charge in [0.05, 0.1) is 4.90 Å². The molecule has 0 aliphatic heterocycles. The number of sulfonamides is 1. The monoisotopic (exact) mass is 426 g/mol. The number of benzene rings is 3. The van der Waals surface area contributed by atoms with E-state index in [0.717, 1.165) is 23.3 Å². The van der Waals surface area contributed by atoms with E-state index < -0.39 is 27.8 Å². The molecule has 3 rings (SSSR count). The second-order valence-corrected chi connectivity index (χ2v) is 8.56. The van der Waals surface area contributed by atoms with Crippen molar-refractivity contribution >= 4 is 15.9 Å². The summed E-state index contributed by atoms with van der Waals surface area (Å²) in [6.45, 7) is 0.381. The van der Waals surface area contributed by atoms with Crippen molar-refractivity contribution in [1.82, 2.24) is 10.0 Å². The van der Waals surface area contributed by atoms with Crippen molar-refractivity contribution in [2.75, 3.05) is 6.54 Å². The fourth-order valence-corrected chi connectivity index (χ4v) is 4.20. The van der Waals surface area contributed by atoms with Crippen LogP contribution in [-0.4, -0.2) is 26.9 Å². The molecule has 0 aliphatic rings. The Balaban J connectivity index is 1.72. The molecule has 0 saturated carbocycles. The molecule has 1 amide bonds. The van der Waals surface area contributed by atoms with Gasteiger partial charge in [0.1, 0.15) is 11.9 Å². The summed E-state index contributed by atoms with van der Waals surface area (Å²) in [6, 6.07) is 22.3. The van der Waals surface area contributed by atoms with Gasteiger partial charge in [-0.3, -0.25) is 4.79 Å². The zero-order valence-electron chi connectivity index (χ0n) is 16.3. The molecular formula is C23H23FN2O3S. The molecule has 0 fully saturated rings. The van der Waals surface area contributed by atoms with Gasteiger partial charge in [-0.25, -0.2) is 12.8 Å². The highest BCUT2D eigenvalue weighted by Crippen LogP contribution is 2.12. The third-order valence-corrected chi connectivity index (χ3v) is 6.06. The van der Waals surface area contributed by atoms with E-state index in [2.05, 4.69) is 10.0 Å². The lowest BCUT2D eigenvalue weighted by atomic mass is 10.1. The van der Waals surface area contributed by atoms with Crippen LogP contribution in [0.3, 0.4) is 0 Å². The van der Waals surface area contributed by atoms with E-state index in [1.54, 1.807) is 0 Å². The second-order valence-electron chi connectivity index (χ2n) is 6.84. The van der Waals surface area contributed by atoms with Gasteiger partial charge in [0, 0.05) is 6.54 Å². The summed E-state index contributed by atoms with van der Waals surface area (Å²) in [5, 5.41) is 2.81. The SMILES string of the molecule is O=C(NCCc1ccccc1)C(Cc1ccccc1)NS(=O)(=O)c1ccc(F)cc1. The summed E-state index contributed by atoms with van der Waals surface area (Å²) in [5.41, 5.74) is 1.90. The predicted octanol–water partition coefficient (Wildman–Crippen LogP) is 3.07. The Hall–Kier alpha value is -3.03. The molecule has 0 aromatic heterocycles. The number of hydrogen-bond donors (Lipinski definition) is 2. The van der Waals surface area contributed by atoms with Gasteiger partial charge in [0.2, 0.25) is 15.9 Å². The van der Waals surface area contributed by atoms with Gasteiger partial charge in [0.25, 0.3) is 0 Å². The highest BCUT2D eigenvalue weighted by Gasteiger charge is 2.26. The van der Waals surface area contributed by atoms with Gasteiger partial charge in [-0.2, -0.15) is 4.72 Å². The number of halogens is 1. The zero-order valence-corrected chi connectivity index (χ0v) is 17.1. The number of hydrogen-bond acceptors (Lipinski definition) is 3. The largest absolute Gasteiger partial charge is 0.354 e. The van der Waals surface area contributed by atoms with Gasteiger partial charge in [0.15, 0.2) is 0 Å². The summed E-state index contributed by atoms with van der Waals surface area (Å²) in [4.78, 5) is 12.7. The smallest absolute Gasteiger partial charge is 0.241 e.